The number of hydrogen-bond acceptors (Lipinski definition) is 5. The van der Waals surface area contributed by atoms with Crippen molar-refractivity contribution in [3.8, 4) is 16.9 Å². The molecule has 0 spiro atoms. The van der Waals surface area contributed by atoms with Gasteiger partial charge in [-0.1, -0.05) is 42.5 Å². The van der Waals surface area contributed by atoms with Crippen molar-refractivity contribution in [1.29, 1.82) is 0 Å². The molecule has 0 saturated carbocycles. The highest BCUT2D eigenvalue weighted by atomic mass is 16.5. The molecule has 3 heterocycles. The molecule has 1 N–H and O–H groups in total. The first-order valence-corrected chi connectivity index (χ1v) is 12.0. The topological polar surface area (TPSA) is 48.8 Å². The maximum absolute atomic E-state index is 10.2. The summed E-state index contributed by atoms with van der Waals surface area (Å²) in [7, 11) is 1.72. The van der Waals surface area contributed by atoms with Crippen LogP contribution in [0.1, 0.15) is 29.9 Å². The Morgan fingerprint density at radius 3 is 2.48 bits per heavy atom. The van der Waals surface area contributed by atoms with Gasteiger partial charge in [-0.25, -0.2) is 0 Å². The first-order chi connectivity index (χ1) is 16.3. The molecule has 2 fully saturated rings. The van der Waals surface area contributed by atoms with Gasteiger partial charge in [-0.15, -0.1) is 0 Å². The van der Waals surface area contributed by atoms with Gasteiger partial charge in [0.15, 0.2) is 0 Å². The Kier molecular flexibility index (Phi) is 6.72. The van der Waals surface area contributed by atoms with Crippen molar-refractivity contribution >= 4 is 0 Å². The lowest BCUT2D eigenvalue weighted by molar-refractivity contribution is -0.0655. The summed E-state index contributed by atoms with van der Waals surface area (Å²) in [5.74, 6) is 1.24. The number of ether oxygens (including phenoxy) is 1. The van der Waals surface area contributed by atoms with E-state index in [-0.39, 0.29) is 12.6 Å². The van der Waals surface area contributed by atoms with Crippen LogP contribution in [0.3, 0.4) is 0 Å². The van der Waals surface area contributed by atoms with Crippen LogP contribution < -0.4 is 4.74 Å². The first-order valence-electron chi connectivity index (χ1n) is 12.0. The Hall–Kier alpha value is -2.73. The van der Waals surface area contributed by atoms with Gasteiger partial charge in [-0.05, 0) is 60.8 Å². The Morgan fingerprint density at radius 1 is 0.970 bits per heavy atom. The van der Waals surface area contributed by atoms with Gasteiger partial charge >= 0.3 is 0 Å². The second-order valence-electron chi connectivity index (χ2n) is 9.20. The Bertz CT molecular complexity index is 1040. The standard InChI is InChI=1S/C28H33N3O2/c1-33-27-7-3-2-6-24(27)22-8-10-23(11-9-22)28-25-19-30(18-21-12-14-29-15-13-21)16-4-5-17-31(25)26(28)20-32/h2-3,6-15,25-26,28,32H,4-5,16-20H2,1H3/t25-,26+,28+/m1/s1. The summed E-state index contributed by atoms with van der Waals surface area (Å²) in [5, 5.41) is 10.2. The van der Waals surface area contributed by atoms with Crippen LogP contribution in [0.25, 0.3) is 11.1 Å². The van der Waals surface area contributed by atoms with Gasteiger partial charge in [0.25, 0.3) is 0 Å². The molecule has 3 aromatic rings. The molecule has 2 aliphatic heterocycles. The SMILES string of the molecule is COc1ccccc1-c1ccc([C@H]2[C@H]3CN(Cc4ccncc4)CCCCN3[C@H]2CO)cc1. The predicted octanol–water partition coefficient (Wildman–Crippen LogP) is 4.18. The quantitative estimate of drug-likeness (QED) is 0.619. The molecule has 0 bridgehead atoms. The summed E-state index contributed by atoms with van der Waals surface area (Å²) in [6, 6.07) is 21.9. The van der Waals surface area contributed by atoms with Crippen molar-refractivity contribution in [1.82, 2.24) is 14.8 Å². The van der Waals surface area contributed by atoms with Crippen LogP contribution in [0.4, 0.5) is 0 Å². The molecule has 0 radical (unpaired) electrons. The van der Waals surface area contributed by atoms with Crippen LogP contribution in [-0.2, 0) is 6.54 Å². The summed E-state index contributed by atoms with van der Waals surface area (Å²) in [6.45, 7) is 4.39. The second-order valence-corrected chi connectivity index (χ2v) is 9.20. The van der Waals surface area contributed by atoms with E-state index in [0.29, 0.717) is 12.0 Å². The highest BCUT2D eigenvalue weighted by molar-refractivity contribution is 5.70. The van der Waals surface area contributed by atoms with E-state index in [9.17, 15) is 5.11 Å². The highest BCUT2D eigenvalue weighted by Gasteiger charge is 2.49. The normalized spacial score (nSPS) is 23.8. The molecule has 33 heavy (non-hydrogen) atoms. The lowest BCUT2D eigenvalue weighted by Crippen LogP contribution is -2.67. The zero-order valence-corrected chi connectivity index (χ0v) is 19.3. The van der Waals surface area contributed by atoms with Crippen LogP contribution in [-0.4, -0.2) is 65.3 Å². The first kappa shape index (κ1) is 22.1. The van der Waals surface area contributed by atoms with Crippen LogP contribution in [0.2, 0.25) is 0 Å². The molecule has 0 unspecified atom stereocenters. The molecular formula is C28H33N3O2. The van der Waals surface area contributed by atoms with E-state index in [2.05, 4.69) is 57.2 Å². The number of aromatic nitrogens is 1. The highest BCUT2D eigenvalue weighted by Crippen LogP contribution is 2.42. The fraction of sp³-hybridized carbons (Fsp3) is 0.393. The number of pyridine rings is 1. The van der Waals surface area contributed by atoms with Gasteiger partial charge in [0.1, 0.15) is 5.75 Å². The number of aliphatic hydroxyl groups excluding tert-OH is 1. The number of hydrogen-bond donors (Lipinski definition) is 1. The summed E-state index contributed by atoms with van der Waals surface area (Å²) in [5.41, 5.74) is 4.89. The lowest BCUT2D eigenvalue weighted by Gasteiger charge is -2.57. The third-order valence-electron chi connectivity index (χ3n) is 7.32. The maximum atomic E-state index is 10.2. The van der Waals surface area contributed by atoms with Crippen molar-refractivity contribution in [2.24, 2.45) is 0 Å². The minimum atomic E-state index is 0.202. The van der Waals surface area contributed by atoms with Gasteiger partial charge in [0, 0.05) is 49.0 Å². The van der Waals surface area contributed by atoms with Crippen LogP contribution in [0.5, 0.6) is 5.75 Å². The molecule has 3 atom stereocenters. The van der Waals surface area contributed by atoms with E-state index < -0.39 is 0 Å². The van der Waals surface area contributed by atoms with Gasteiger partial charge in [0.2, 0.25) is 0 Å². The van der Waals surface area contributed by atoms with Crippen molar-refractivity contribution < 1.29 is 9.84 Å². The predicted molar refractivity (Wildman–Crippen MR) is 131 cm³/mol. The van der Waals surface area contributed by atoms with Gasteiger partial charge < -0.3 is 9.84 Å². The third-order valence-corrected chi connectivity index (χ3v) is 7.32. The summed E-state index contributed by atoms with van der Waals surface area (Å²) < 4.78 is 5.55. The number of fused-ring (bicyclic) bond motifs is 1. The Labute approximate surface area is 196 Å². The molecule has 0 aliphatic carbocycles. The van der Waals surface area contributed by atoms with E-state index in [1.807, 2.05) is 30.6 Å². The molecule has 2 aromatic carbocycles. The largest absolute Gasteiger partial charge is 0.496 e. The molecule has 172 valence electrons. The molecule has 2 saturated heterocycles. The molecule has 1 aromatic heterocycles. The molecule has 0 amide bonds. The summed E-state index contributed by atoms with van der Waals surface area (Å²) in [4.78, 5) is 9.28. The zero-order chi connectivity index (χ0) is 22.6. The minimum Gasteiger partial charge on any atom is -0.496 e. The van der Waals surface area contributed by atoms with Gasteiger partial charge in [-0.3, -0.25) is 14.8 Å². The average molecular weight is 444 g/mol. The molecule has 5 heteroatoms. The van der Waals surface area contributed by atoms with Crippen LogP contribution >= 0.6 is 0 Å². The minimum absolute atomic E-state index is 0.202. The average Bonchev–Trinajstić information content (AvgIpc) is 2.85. The van der Waals surface area contributed by atoms with E-state index in [4.69, 9.17) is 4.74 Å². The number of benzene rings is 2. The van der Waals surface area contributed by atoms with Crippen molar-refractivity contribution in [2.45, 2.75) is 37.4 Å². The smallest absolute Gasteiger partial charge is 0.126 e. The molecule has 2 aliphatic rings. The third kappa shape index (κ3) is 4.54. The summed E-state index contributed by atoms with van der Waals surface area (Å²) >= 11 is 0. The molecular weight excluding hydrogens is 410 g/mol. The lowest BCUT2D eigenvalue weighted by atomic mass is 9.74. The Balaban J connectivity index is 1.37. The Morgan fingerprint density at radius 2 is 1.73 bits per heavy atom. The van der Waals surface area contributed by atoms with E-state index >= 15 is 0 Å². The van der Waals surface area contributed by atoms with E-state index in [0.717, 1.165) is 43.1 Å². The molecule has 5 rings (SSSR count). The van der Waals surface area contributed by atoms with Gasteiger partial charge in [-0.2, -0.15) is 0 Å². The van der Waals surface area contributed by atoms with E-state index in [1.165, 1.54) is 24.0 Å². The van der Waals surface area contributed by atoms with E-state index in [1.54, 1.807) is 7.11 Å². The number of rotatable bonds is 6. The van der Waals surface area contributed by atoms with Crippen molar-refractivity contribution in [3.05, 3.63) is 84.2 Å². The zero-order valence-electron chi connectivity index (χ0n) is 19.3. The maximum Gasteiger partial charge on any atom is 0.126 e. The summed E-state index contributed by atoms with van der Waals surface area (Å²) in [6.07, 6.45) is 6.13. The van der Waals surface area contributed by atoms with Crippen LogP contribution in [0.15, 0.2) is 73.1 Å². The fourth-order valence-electron chi connectivity index (χ4n) is 5.67. The van der Waals surface area contributed by atoms with Crippen molar-refractivity contribution in [2.75, 3.05) is 33.4 Å². The number of aliphatic hydroxyl groups is 1. The fourth-order valence-corrected chi connectivity index (χ4v) is 5.67. The number of methoxy groups -OCH3 is 1. The molecule has 5 nitrogen and oxygen atoms in total. The van der Waals surface area contributed by atoms with Crippen LogP contribution in [0, 0.1) is 0 Å². The van der Waals surface area contributed by atoms with Gasteiger partial charge in [0.05, 0.1) is 13.7 Å². The monoisotopic (exact) mass is 443 g/mol. The van der Waals surface area contributed by atoms with Crippen molar-refractivity contribution in [3.63, 3.8) is 0 Å². The number of nitrogens with zero attached hydrogens (tertiary/aromatic N) is 3. The number of para-hydroxylation sites is 1. The second kappa shape index (κ2) is 10.0.